The molecule has 0 bridgehead atoms. The average molecular weight is 263 g/mol. The number of methoxy groups -OCH3 is 1. The molecule has 6 heteroatoms. The molecule has 0 spiro atoms. The van der Waals surface area contributed by atoms with Gasteiger partial charge in [-0.1, -0.05) is 0 Å². The first-order chi connectivity index (χ1) is 9.10. The molecule has 2 aromatic rings. The minimum Gasteiger partial charge on any atom is -0.497 e. The van der Waals surface area contributed by atoms with Crippen LogP contribution in [-0.4, -0.2) is 30.6 Å². The molecule has 1 aromatic heterocycles. The number of benzene rings is 1. The van der Waals surface area contributed by atoms with Crippen LogP contribution in [0.1, 0.15) is 5.56 Å². The Morgan fingerprint density at radius 1 is 1.42 bits per heavy atom. The van der Waals surface area contributed by atoms with Gasteiger partial charge in [-0.2, -0.15) is 0 Å². The Bertz CT molecular complexity index is 617. The number of carboxylic acid groups (broad SMARTS) is 1. The number of ether oxygens (including phenoxy) is 1. The van der Waals surface area contributed by atoms with Crippen molar-refractivity contribution in [1.82, 2.24) is 5.32 Å². The van der Waals surface area contributed by atoms with E-state index >= 15 is 0 Å². The molecule has 6 nitrogen and oxygen atoms in total. The van der Waals surface area contributed by atoms with Crippen LogP contribution in [0.2, 0.25) is 0 Å². The number of aliphatic carboxylic acids is 1. The van der Waals surface area contributed by atoms with Gasteiger partial charge in [0.2, 0.25) is 5.91 Å². The molecule has 0 radical (unpaired) electrons. The highest BCUT2D eigenvalue weighted by Crippen LogP contribution is 2.25. The van der Waals surface area contributed by atoms with Crippen molar-refractivity contribution < 1.29 is 23.8 Å². The monoisotopic (exact) mass is 263 g/mol. The summed E-state index contributed by atoms with van der Waals surface area (Å²) < 4.78 is 10.4. The summed E-state index contributed by atoms with van der Waals surface area (Å²) in [5.74, 6) is -0.777. The van der Waals surface area contributed by atoms with Crippen molar-refractivity contribution in [1.29, 1.82) is 0 Å². The maximum atomic E-state index is 11.6. The van der Waals surface area contributed by atoms with Gasteiger partial charge in [0.05, 0.1) is 19.8 Å². The SMILES string of the molecule is COc1ccc2occ(CC(=O)NCC(=O)O)c2c1. The second-order valence-corrected chi connectivity index (χ2v) is 3.97. The Balaban J connectivity index is 2.16. The van der Waals surface area contributed by atoms with Crippen molar-refractivity contribution in [3.05, 3.63) is 30.0 Å². The number of carbonyl (C=O) groups is 2. The number of furan rings is 1. The van der Waals surface area contributed by atoms with Crippen molar-refractivity contribution in [3.63, 3.8) is 0 Å². The molecule has 0 aliphatic rings. The number of nitrogens with one attached hydrogen (secondary N) is 1. The molecule has 0 aliphatic heterocycles. The first-order valence-electron chi connectivity index (χ1n) is 5.62. The number of carbonyl (C=O) groups excluding carboxylic acids is 1. The standard InChI is InChI=1S/C13H13NO5/c1-18-9-2-3-11-10(5-9)8(7-19-11)4-12(15)14-6-13(16)17/h2-3,5,7H,4,6H2,1H3,(H,14,15)(H,16,17). The van der Waals surface area contributed by atoms with Crippen LogP contribution in [0.4, 0.5) is 0 Å². The largest absolute Gasteiger partial charge is 0.497 e. The lowest BCUT2D eigenvalue weighted by atomic mass is 10.1. The van der Waals surface area contributed by atoms with Gasteiger partial charge in [-0.25, -0.2) is 0 Å². The van der Waals surface area contributed by atoms with Gasteiger partial charge in [0, 0.05) is 10.9 Å². The van der Waals surface area contributed by atoms with Crippen molar-refractivity contribution in [2.75, 3.05) is 13.7 Å². The zero-order valence-electron chi connectivity index (χ0n) is 10.3. The van der Waals surface area contributed by atoms with Gasteiger partial charge in [0.1, 0.15) is 17.9 Å². The van der Waals surface area contributed by atoms with E-state index in [1.54, 1.807) is 25.3 Å². The number of fused-ring (bicyclic) bond motifs is 1. The Morgan fingerprint density at radius 3 is 2.89 bits per heavy atom. The third kappa shape index (κ3) is 3.04. The maximum absolute atomic E-state index is 11.6. The van der Waals surface area contributed by atoms with Gasteiger partial charge >= 0.3 is 5.97 Å². The molecule has 0 aliphatic carbocycles. The molecule has 1 aromatic carbocycles. The molecule has 0 saturated heterocycles. The third-order valence-electron chi connectivity index (χ3n) is 2.65. The summed E-state index contributed by atoms with van der Waals surface area (Å²) in [5.41, 5.74) is 1.35. The van der Waals surface area contributed by atoms with Crippen molar-refractivity contribution >= 4 is 22.8 Å². The maximum Gasteiger partial charge on any atom is 0.322 e. The Morgan fingerprint density at radius 2 is 2.21 bits per heavy atom. The van der Waals surface area contributed by atoms with Crippen molar-refractivity contribution in [3.8, 4) is 5.75 Å². The smallest absolute Gasteiger partial charge is 0.322 e. The van der Waals surface area contributed by atoms with Crippen LogP contribution in [0.5, 0.6) is 5.75 Å². The van der Waals surface area contributed by atoms with Crippen LogP contribution in [-0.2, 0) is 16.0 Å². The van der Waals surface area contributed by atoms with E-state index < -0.39 is 12.5 Å². The molecule has 2 rings (SSSR count). The summed E-state index contributed by atoms with van der Waals surface area (Å²) in [5, 5.41) is 11.6. The Kier molecular flexibility index (Phi) is 3.70. The molecular weight excluding hydrogens is 250 g/mol. The van der Waals surface area contributed by atoms with E-state index in [1.165, 1.54) is 6.26 Å². The summed E-state index contributed by atoms with van der Waals surface area (Å²) in [6, 6.07) is 5.30. The van der Waals surface area contributed by atoms with Crippen LogP contribution in [0.25, 0.3) is 11.0 Å². The van der Waals surface area contributed by atoms with E-state index in [2.05, 4.69) is 5.32 Å². The summed E-state index contributed by atoms with van der Waals surface area (Å²) in [6.45, 7) is -0.391. The first kappa shape index (κ1) is 12.9. The van der Waals surface area contributed by atoms with Crippen LogP contribution in [0.15, 0.2) is 28.9 Å². The normalized spacial score (nSPS) is 10.4. The van der Waals surface area contributed by atoms with E-state index in [9.17, 15) is 9.59 Å². The number of hydrogen-bond acceptors (Lipinski definition) is 4. The third-order valence-corrected chi connectivity index (χ3v) is 2.65. The highest BCUT2D eigenvalue weighted by molar-refractivity contribution is 5.89. The molecule has 100 valence electrons. The van der Waals surface area contributed by atoms with Crippen molar-refractivity contribution in [2.45, 2.75) is 6.42 Å². The second-order valence-electron chi connectivity index (χ2n) is 3.97. The lowest BCUT2D eigenvalue weighted by Crippen LogP contribution is -2.30. The zero-order valence-corrected chi connectivity index (χ0v) is 10.3. The molecular formula is C13H13NO5. The van der Waals surface area contributed by atoms with Gasteiger partial charge in [0.25, 0.3) is 0 Å². The van der Waals surface area contributed by atoms with Crippen LogP contribution < -0.4 is 10.1 Å². The Hall–Kier alpha value is -2.50. The quantitative estimate of drug-likeness (QED) is 0.845. The number of rotatable bonds is 5. The van der Waals surface area contributed by atoms with Gasteiger partial charge in [-0.3, -0.25) is 9.59 Å². The molecule has 0 saturated carbocycles. The summed E-state index contributed by atoms with van der Waals surface area (Å²) in [6.07, 6.45) is 1.55. The summed E-state index contributed by atoms with van der Waals surface area (Å²) in [4.78, 5) is 21.9. The summed E-state index contributed by atoms with van der Waals surface area (Å²) >= 11 is 0. The molecule has 19 heavy (non-hydrogen) atoms. The average Bonchev–Trinajstić information content (AvgIpc) is 2.79. The number of hydrogen-bond donors (Lipinski definition) is 2. The van der Waals surface area contributed by atoms with Crippen molar-refractivity contribution in [2.24, 2.45) is 0 Å². The minimum absolute atomic E-state index is 0.0629. The van der Waals surface area contributed by atoms with Gasteiger partial charge < -0.3 is 19.6 Å². The minimum atomic E-state index is -1.08. The molecule has 0 fully saturated rings. The number of carboxylic acids is 1. The van der Waals surface area contributed by atoms with E-state index in [0.717, 1.165) is 5.39 Å². The fourth-order valence-corrected chi connectivity index (χ4v) is 1.73. The topological polar surface area (TPSA) is 88.8 Å². The van der Waals surface area contributed by atoms with E-state index in [4.69, 9.17) is 14.3 Å². The van der Waals surface area contributed by atoms with E-state index in [-0.39, 0.29) is 12.3 Å². The van der Waals surface area contributed by atoms with Gasteiger partial charge in [0.15, 0.2) is 0 Å². The highest BCUT2D eigenvalue weighted by atomic mass is 16.5. The molecule has 1 heterocycles. The Labute approximate surface area is 109 Å². The molecule has 0 unspecified atom stereocenters. The predicted molar refractivity (Wildman–Crippen MR) is 67.1 cm³/mol. The van der Waals surface area contributed by atoms with E-state index in [1.807, 2.05) is 0 Å². The van der Waals surface area contributed by atoms with Gasteiger partial charge in [-0.05, 0) is 18.2 Å². The number of amides is 1. The lowest BCUT2D eigenvalue weighted by Gasteiger charge is -2.02. The van der Waals surface area contributed by atoms with Crippen LogP contribution in [0, 0.1) is 0 Å². The first-order valence-corrected chi connectivity index (χ1v) is 5.62. The fourth-order valence-electron chi connectivity index (χ4n) is 1.73. The van der Waals surface area contributed by atoms with E-state index in [0.29, 0.717) is 16.9 Å². The predicted octanol–water partition coefficient (Wildman–Crippen LogP) is 1.18. The van der Waals surface area contributed by atoms with Gasteiger partial charge in [-0.15, -0.1) is 0 Å². The molecule has 0 atom stereocenters. The molecule has 2 N–H and O–H groups in total. The zero-order chi connectivity index (χ0) is 13.8. The fraction of sp³-hybridized carbons (Fsp3) is 0.231. The van der Waals surface area contributed by atoms with Crippen LogP contribution in [0.3, 0.4) is 0 Å². The lowest BCUT2D eigenvalue weighted by molar-refractivity contribution is -0.137. The summed E-state index contributed by atoms with van der Waals surface area (Å²) in [7, 11) is 1.56. The van der Waals surface area contributed by atoms with Crippen LogP contribution >= 0.6 is 0 Å². The second kappa shape index (κ2) is 5.43. The highest BCUT2D eigenvalue weighted by Gasteiger charge is 2.11. The molecule has 1 amide bonds.